The lowest BCUT2D eigenvalue weighted by Crippen LogP contribution is -2.43. The molecule has 1 saturated heterocycles. The van der Waals surface area contributed by atoms with Crippen LogP contribution in [0, 0.1) is 0 Å². The van der Waals surface area contributed by atoms with Gasteiger partial charge in [0.1, 0.15) is 5.60 Å². The minimum Gasteiger partial charge on any atom is -0.444 e. The maximum absolute atomic E-state index is 11.8. The molecule has 0 aromatic rings. The largest absolute Gasteiger partial charge is 0.444 e. The number of amides is 1. The molecule has 4 nitrogen and oxygen atoms in total. The fourth-order valence-electron chi connectivity index (χ4n) is 1.91. The lowest BCUT2D eigenvalue weighted by atomic mass is 10.2. The van der Waals surface area contributed by atoms with E-state index in [1.807, 2.05) is 34.6 Å². The van der Waals surface area contributed by atoms with Gasteiger partial charge in [-0.15, -0.1) is 0 Å². The molecule has 0 aromatic heterocycles. The number of nitrogens with zero attached hydrogens (tertiary/aromatic N) is 1. The molecule has 1 N–H and O–H groups in total. The van der Waals surface area contributed by atoms with Crippen molar-refractivity contribution in [2.45, 2.75) is 64.8 Å². The van der Waals surface area contributed by atoms with Gasteiger partial charge in [0.15, 0.2) is 0 Å². The topological polar surface area (TPSA) is 49.8 Å². The number of carbonyl (C=O) groups is 1. The minimum absolute atomic E-state index is 0.0462. The standard InChI is InChI=1S/C11H21NO3/c1-7-6-9(13)8(2)12(7)10(14)15-11(3,4)5/h7-9,13H,6H2,1-5H3. The summed E-state index contributed by atoms with van der Waals surface area (Å²) in [6.07, 6.45) is -0.146. The van der Waals surface area contributed by atoms with Crippen molar-refractivity contribution in [3.8, 4) is 0 Å². The van der Waals surface area contributed by atoms with Gasteiger partial charge in [-0.3, -0.25) is 0 Å². The summed E-state index contributed by atoms with van der Waals surface area (Å²) in [6.45, 7) is 9.29. The van der Waals surface area contributed by atoms with E-state index < -0.39 is 11.7 Å². The van der Waals surface area contributed by atoms with Crippen LogP contribution in [0.2, 0.25) is 0 Å². The molecular weight excluding hydrogens is 194 g/mol. The summed E-state index contributed by atoms with van der Waals surface area (Å²) < 4.78 is 5.29. The van der Waals surface area contributed by atoms with Gasteiger partial charge in [-0.1, -0.05) is 0 Å². The van der Waals surface area contributed by atoms with E-state index in [1.165, 1.54) is 0 Å². The maximum atomic E-state index is 11.8. The Kier molecular flexibility index (Phi) is 3.28. The predicted molar refractivity (Wildman–Crippen MR) is 57.6 cm³/mol. The van der Waals surface area contributed by atoms with Crippen LogP contribution in [0.25, 0.3) is 0 Å². The van der Waals surface area contributed by atoms with Crippen molar-refractivity contribution in [2.75, 3.05) is 0 Å². The number of hydrogen-bond donors (Lipinski definition) is 1. The van der Waals surface area contributed by atoms with Crippen LogP contribution in [0.3, 0.4) is 0 Å². The molecule has 88 valence electrons. The van der Waals surface area contributed by atoms with Gasteiger partial charge < -0.3 is 14.7 Å². The second-order valence-electron chi connectivity index (χ2n) is 5.28. The molecule has 0 aliphatic carbocycles. The third-order valence-electron chi connectivity index (χ3n) is 2.66. The highest BCUT2D eigenvalue weighted by atomic mass is 16.6. The Balaban J connectivity index is 2.67. The van der Waals surface area contributed by atoms with Crippen molar-refractivity contribution in [3.05, 3.63) is 0 Å². The van der Waals surface area contributed by atoms with Crippen LogP contribution in [-0.2, 0) is 4.74 Å². The quantitative estimate of drug-likeness (QED) is 0.670. The van der Waals surface area contributed by atoms with E-state index in [2.05, 4.69) is 0 Å². The molecule has 1 heterocycles. The van der Waals surface area contributed by atoms with Crippen molar-refractivity contribution in [2.24, 2.45) is 0 Å². The lowest BCUT2D eigenvalue weighted by Gasteiger charge is -2.30. The number of aliphatic hydroxyl groups is 1. The summed E-state index contributed by atoms with van der Waals surface area (Å²) >= 11 is 0. The van der Waals surface area contributed by atoms with E-state index in [-0.39, 0.29) is 18.2 Å². The van der Waals surface area contributed by atoms with Crippen molar-refractivity contribution < 1.29 is 14.6 Å². The van der Waals surface area contributed by atoms with E-state index in [1.54, 1.807) is 4.90 Å². The van der Waals surface area contributed by atoms with Crippen LogP contribution in [0.5, 0.6) is 0 Å². The number of rotatable bonds is 0. The smallest absolute Gasteiger partial charge is 0.410 e. The highest BCUT2D eigenvalue weighted by Crippen LogP contribution is 2.26. The van der Waals surface area contributed by atoms with Crippen LogP contribution >= 0.6 is 0 Å². The van der Waals surface area contributed by atoms with Crippen LogP contribution in [0.4, 0.5) is 4.79 Å². The average molecular weight is 215 g/mol. The molecule has 3 unspecified atom stereocenters. The van der Waals surface area contributed by atoms with Crippen LogP contribution in [0.1, 0.15) is 41.0 Å². The molecule has 0 aromatic carbocycles. The normalized spacial score (nSPS) is 31.9. The summed E-state index contributed by atoms with van der Waals surface area (Å²) in [7, 11) is 0. The Morgan fingerprint density at radius 3 is 2.27 bits per heavy atom. The summed E-state index contributed by atoms with van der Waals surface area (Å²) in [4.78, 5) is 13.4. The lowest BCUT2D eigenvalue weighted by molar-refractivity contribution is 0.0123. The minimum atomic E-state index is -0.482. The van der Waals surface area contributed by atoms with Crippen molar-refractivity contribution in [3.63, 3.8) is 0 Å². The molecule has 0 saturated carbocycles. The number of likely N-dealkylation sites (tertiary alicyclic amines) is 1. The van der Waals surface area contributed by atoms with Gasteiger partial charge in [-0.25, -0.2) is 4.79 Å². The van der Waals surface area contributed by atoms with E-state index >= 15 is 0 Å². The van der Waals surface area contributed by atoms with Crippen molar-refractivity contribution in [1.29, 1.82) is 0 Å². The fraction of sp³-hybridized carbons (Fsp3) is 0.909. The highest BCUT2D eigenvalue weighted by molar-refractivity contribution is 5.69. The summed E-state index contributed by atoms with van der Waals surface area (Å²) in [5, 5.41) is 9.64. The Labute approximate surface area is 91.2 Å². The Hall–Kier alpha value is -0.770. The van der Waals surface area contributed by atoms with Gasteiger partial charge in [0.2, 0.25) is 0 Å². The van der Waals surface area contributed by atoms with Gasteiger partial charge in [-0.2, -0.15) is 0 Å². The molecule has 1 aliphatic rings. The number of aliphatic hydroxyl groups excluding tert-OH is 1. The Bertz CT molecular complexity index is 247. The second kappa shape index (κ2) is 4.00. The first-order valence-electron chi connectivity index (χ1n) is 5.42. The van der Waals surface area contributed by atoms with Gasteiger partial charge in [-0.05, 0) is 41.0 Å². The first-order chi connectivity index (χ1) is 6.72. The van der Waals surface area contributed by atoms with E-state index in [0.29, 0.717) is 6.42 Å². The number of ether oxygens (including phenoxy) is 1. The molecule has 3 atom stereocenters. The summed E-state index contributed by atoms with van der Waals surface area (Å²) in [6, 6.07) is -0.111. The monoisotopic (exact) mass is 215 g/mol. The van der Waals surface area contributed by atoms with Crippen LogP contribution in [0.15, 0.2) is 0 Å². The fourth-order valence-corrected chi connectivity index (χ4v) is 1.91. The molecule has 15 heavy (non-hydrogen) atoms. The predicted octanol–water partition coefficient (Wildman–Crippen LogP) is 1.77. The zero-order valence-electron chi connectivity index (χ0n) is 10.2. The summed E-state index contributed by atoms with van der Waals surface area (Å²) in [5.74, 6) is 0. The molecule has 0 bridgehead atoms. The van der Waals surface area contributed by atoms with E-state index in [9.17, 15) is 9.90 Å². The Morgan fingerprint density at radius 1 is 1.40 bits per heavy atom. The zero-order chi connectivity index (χ0) is 11.8. The molecular formula is C11H21NO3. The maximum Gasteiger partial charge on any atom is 0.410 e. The SMILES string of the molecule is CC1CC(O)C(C)N1C(=O)OC(C)(C)C. The molecule has 0 spiro atoms. The molecule has 4 heteroatoms. The molecule has 1 aliphatic heterocycles. The van der Waals surface area contributed by atoms with E-state index in [0.717, 1.165) is 0 Å². The first-order valence-corrected chi connectivity index (χ1v) is 5.42. The molecule has 1 rings (SSSR count). The number of carbonyl (C=O) groups excluding carboxylic acids is 1. The second-order valence-corrected chi connectivity index (χ2v) is 5.28. The van der Waals surface area contributed by atoms with Crippen LogP contribution in [-0.4, -0.2) is 39.9 Å². The van der Waals surface area contributed by atoms with Gasteiger partial charge in [0.05, 0.1) is 12.1 Å². The third kappa shape index (κ3) is 2.84. The van der Waals surface area contributed by atoms with Gasteiger partial charge in [0, 0.05) is 6.04 Å². The van der Waals surface area contributed by atoms with Crippen LogP contribution < -0.4 is 0 Å². The molecule has 0 radical (unpaired) electrons. The van der Waals surface area contributed by atoms with Gasteiger partial charge in [0.25, 0.3) is 0 Å². The van der Waals surface area contributed by atoms with Crippen molar-refractivity contribution in [1.82, 2.24) is 4.90 Å². The van der Waals surface area contributed by atoms with Crippen molar-refractivity contribution >= 4 is 6.09 Å². The molecule has 1 amide bonds. The third-order valence-corrected chi connectivity index (χ3v) is 2.66. The zero-order valence-corrected chi connectivity index (χ0v) is 10.2. The number of hydrogen-bond acceptors (Lipinski definition) is 3. The molecule has 1 fully saturated rings. The highest BCUT2D eigenvalue weighted by Gasteiger charge is 2.39. The average Bonchev–Trinajstić information content (AvgIpc) is 2.22. The van der Waals surface area contributed by atoms with Gasteiger partial charge >= 0.3 is 6.09 Å². The summed E-state index contributed by atoms with van der Waals surface area (Å²) in [5.41, 5.74) is -0.482. The first kappa shape index (κ1) is 12.3. The van der Waals surface area contributed by atoms with E-state index in [4.69, 9.17) is 4.74 Å². The Morgan fingerprint density at radius 2 is 1.93 bits per heavy atom.